The van der Waals surface area contributed by atoms with Crippen molar-refractivity contribution in [1.29, 1.82) is 0 Å². The number of aliphatic hydroxyl groups is 5. The summed E-state index contributed by atoms with van der Waals surface area (Å²) in [6, 6.07) is -1.16. The summed E-state index contributed by atoms with van der Waals surface area (Å²) in [4.78, 5) is 12.9. The lowest BCUT2D eigenvalue weighted by atomic mass is 9.99. The number of aliphatic hydroxyl groups excluding tert-OH is 5. The number of hydrogen-bond acceptors (Lipinski definition) is 11. The van der Waals surface area contributed by atoms with Crippen LogP contribution >= 0.6 is 0 Å². The van der Waals surface area contributed by atoms with Gasteiger partial charge < -0.3 is 40.3 Å². The molecule has 0 aromatic rings. The normalized spacial score (nSPS) is 24.0. The van der Waals surface area contributed by atoms with Gasteiger partial charge in [-0.1, -0.05) is 107 Å². The molecule has 1 amide bonds. The van der Waals surface area contributed by atoms with Gasteiger partial charge in [-0.15, -0.1) is 0 Å². The number of hydrogen-bond donors (Lipinski definition) is 7. The topological polar surface area (TPSA) is 212 Å². The van der Waals surface area contributed by atoms with Gasteiger partial charge >= 0.3 is 10.4 Å². The summed E-state index contributed by atoms with van der Waals surface area (Å²) in [7, 11) is -5.12. The zero-order valence-electron chi connectivity index (χ0n) is 29.1. The van der Waals surface area contributed by atoms with Gasteiger partial charge in [0.1, 0.15) is 30.5 Å². The minimum atomic E-state index is -5.12. The molecule has 7 N–H and O–H groups in total. The van der Waals surface area contributed by atoms with Crippen molar-refractivity contribution in [3.8, 4) is 0 Å². The lowest BCUT2D eigenvalue weighted by Gasteiger charge is -2.41. The Morgan fingerprint density at radius 1 is 0.837 bits per heavy atom. The Hall–Kier alpha value is -1.98. The van der Waals surface area contributed by atoms with E-state index in [0.29, 0.717) is 12.8 Å². The Labute approximate surface area is 292 Å². The highest BCUT2D eigenvalue weighted by Gasteiger charge is 2.48. The molecule has 1 saturated heterocycles. The maximum atomic E-state index is 12.9. The zero-order chi connectivity index (χ0) is 36.5. The fourth-order valence-electron chi connectivity index (χ4n) is 5.03. The Kier molecular flexibility index (Phi) is 24.6. The summed E-state index contributed by atoms with van der Waals surface area (Å²) in [6.45, 7) is 3.00. The molecule has 1 aliphatic rings. The van der Waals surface area contributed by atoms with E-state index >= 15 is 0 Å². The molecule has 0 aromatic carbocycles. The van der Waals surface area contributed by atoms with E-state index in [4.69, 9.17) is 14.0 Å². The van der Waals surface area contributed by atoms with E-state index in [2.05, 4.69) is 35.5 Å². The molecule has 49 heavy (non-hydrogen) atoms. The van der Waals surface area contributed by atoms with Crippen molar-refractivity contribution in [1.82, 2.24) is 5.32 Å². The van der Waals surface area contributed by atoms with Crippen LogP contribution in [0, 0.1) is 0 Å². The van der Waals surface area contributed by atoms with Gasteiger partial charge in [0.05, 0.1) is 25.4 Å². The summed E-state index contributed by atoms with van der Waals surface area (Å²) in [5.41, 5.74) is 0. The summed E-state index contributed by atoms with van der Waals surface area (Å²) in [6.07, 6.45) is 17.0. The van der Waals surface area contributed by atoms with Gasteiger partial charge in [-0.05, 0) is 38.5 Å². The van der Waals surface area contributed by atoms with Crippen molar-refractivity contribution in [3.63, 3.8) is 0 Å². The minimum absolute atomic E-state index is 0.0240. The molecule has 284 valence electrons. The summed E-state index contributed by atoms with van der Waals surface area (Å²) >= 11 is 0. The van der Waals surface area contributed by atoms with Gasteiger partial charge in [-0.25, -0.2) is 4.18 Å². The highest BCUT2D eigenvalue weighted by atomic mass is 32.3. The molecule has 0 bridgehead atoms. The van der Waals surface area contributed by atoms with Gasteiger partial charge in [0, 0.05) is 6.42 Å². The van der Waals surface area contributed by atoms with Crippen molar-refractivity contribution in [2.75, 3.05) is 13.2 Å². The largest absolute Gasteiger partial charge is 0.397 e. The molecule has 0 aliphatic carbocycles. The van der Waals surface area contributed by atoms with Crippen molar-refractivity contribution in [3.05, 3.63) is 48.6 Å². The Balaban J connectivity index is 2.82. The average Bonchev–Trinajstić information content (AvgIpc) is 3.06. The summed E-state index contributed by atoms with van der Waals surface area (Å²) < 4.78 is 47.0. The minimum Gasteiger partial charge on any atom is -0.394 e. The number of rotatable bonds is 27. The molecule has 1 heterocycles. The predicted molar refractivity (Wildman–Crippen MR) is 187 cm³/mol. The fourth-order valence-corrected chi connectivity index (χ4v) is 5.54. The summed E-state index contributed by atoms with van der Waals surface area (Å²) in [5.74, 6) is -0.787. The van der Waals surface area contributed by atoms with E-state index in [1.165, 1.54) is 38.2 Å². The lowest BCUT2D eigenvalue weighted by Crippen LogP contribution is -2.61. The smallest absolute Gasteiger partial charge is 0.394 e. The van der Waals surface area contributed by atoms with Crippen LogP contribution in [0.1, 0.15) is 104 Å². The van der Waals surface area contributed by atoms with Crippen molar-refractivity contribution >= 4 is 16.3 Å². The molecule has 8 atom stereocenters. The highest BCUT2D eigenvalue weighted by molar-refractivity contribution is 7.80. The van der Waals surface area contributed by atoms with Gasteiger partial charge in [0.2, 0.25) is 5.91 Å². The van der Waals surface area contributed by atoms with Crippen LogP contribution < -0.4 is 5.32 Å². The van der Waals surface area contributed by atoms with Crippen LogP contribution in [0.15, 0.2) is 48.6 Å². The predicted octanol–water partition coefficient (Wildman–Crippen LogP) is 3.56. The molecule has 1 aliphatic heterocycles. The summed E-state index contributed by atoms with van der Waals surface area (Å²) in [5, 5.41) is 54.4. The second-order valence-corrected chi connectivity index (χ2v) is 13.3. The molecule has 1 rings (SSSR count). The molecule has 0 saturated carbocycles. The van der Waals surface area contributed by atoms with E-state index in [9.17, 15) is 38.7 Å². The Morgan fingerprint density at radius 3 is 2.14 bits per heavy atom. The molecule has 13 nitrogen and oxygen atoms in total. The van der Waals surface area contributed by atoms with E-state index < -0.39 is 78.5 Å². The first kappa shape index (κ1) is 45.0. The third kappa shape index (κ3) is 20.5. The number of amides is 1. The number of carbonyl (C=O) groups is 1. The van der Waals surface area contributed by atoms with Crippen LogP contribution in [0.2, 0.25) is 0 Å². The maximum absolute atomic E-state index is 12.9. The van der Waals surface area contributed by atoms with Crippen LogP contribution in [-0.2, 0) is 28.9 Å². The average molecular weight is 720 g/mol. The highest BCUT2D eigenvalue weighted by Crippen LogP contribution is 2.26. The molecular formula is C35H61NO12S. The number of carbonyl (C=O) groups excluding carboxylic acids is 1. The molecule has 14 heteroatoms. The quantitative estimate of drug-likeness (QED) is 0.0369. The first-order valence-electron chi connectivity index (χ1n) is 17.6. The number of unbranched alkanes of at least 4 members (excludes halogenated alkanes) is 9. The van der Waals surface area contributed by atoms with Crippen LogP contribution in [0.4, 0.5) is 0 Å². The Bertz CT molecular complexity index is 1100. The maximum Gasteiger partial charge on any atom is 0.397 e. The van der Waals surface area contributed by atoms with E-state index in [1.807, 2.05) is 18.2 Å². The lowest BCUT2D eigenvalue weighted by molar-refractivity contribution is -0.298. The second kappa shape index (κ2) is 26.8. The molecular weight excluding hydrogens is 658 g/mol. The standard InChI is InChI=1S/C35H61NO12S/c1-3-5-7-9-11-13-14-15-16-18-20-22-24-29(39)34(42)36-27(28(38)23-21-19-17-12-10-8-6-4-2)26-46-35-32(41)33(48-49(43,44)45)31(40)30(25-37)47-35/h10,12,15-16,20-23,27-33,35,37-41H,3-9,11,13-14,17-19,24-26H2,1-2H3,(H,36,42)(H,43,44,45)/b12-10+,16-15-,22-20-,23-21+. The van der Waals surface area contributed by atoms with Gasteiger partial charge in [-0.2, -0.15) is 8.42 Å². The molecule has 1 fully saturated rings. The zero-order valence-corrected chi connectivity index (χ0v) is 29.9. The van der Waals surface area contributed by atoms with Gasteiger partial charge in [-0.3, -0.25) is 9.35 Å². The molecule has 0 spiro atoms. The second-order valence-electron chi connectivity index (χ2n) is 12.2. The van der Waals surface area contributed by atoms with Gasteiger partial charge in [0.15, 0.2) is 6.29 Å². The van der Waals surface area contributed by atoms with Crippen LogP contribution in [0.25, 0.3) is 0 Å². The number of nitrogens with one attached hydrogen (secondary N) is 1. The first-order valence-corrected chi connectivity index (χ1v) is 19.0. The van der Waals surface area contributed by atoms with E-state index in [1.54, 1.807) is 12.2 Å². The number of ether oxygens (including phenoxy) is 2. The van der Waals surface area contributed by atoms with Crippen molar-refractivity contribution < 1.29 is 57.0 Å². The van der Waals surface area contributed by atoms with Crippen LogP contribution in [0.5, 0.6) is 0 Å². The third-order valence-electron chi connectivity index (χ3n) is 7.95. The van der Waals surface area contributed by atoms with Crippen molar-refractivity contribution in [2.24, 2.45) is 0 Å². The van der Waals surface area contributed by atoms with E-state index in [-0.39, 0.29) is 6.42 Å². The number of allylic oxidation sites excluding steroid dienone is 6. The SMILES string of the molecule is CCCC/C=C/CC/C=C/C(O)C(COC1OC(CO)C(O)C(OS(=O)(=O)O)C1O)NC(=O)C(O)C/C=C\C/C=C\CCCCCCCC. The molecule has 0 radical (unpaired) electrons. The Morgan fingerprint density at radius 2 is 1.45 bits per heavy atom. The van der Waals surface area contributed by atoms with Crippen LogP contribution in [0.3, 0.4) is 0 Å². The van der Waals surface area contributed by atoms with Gasteiger partial charge in [0.25, 0.3) is 0 Å². The first-order chi connectivity index (χ1) is 23.4. The van der Waals surface area contributed by atoms with Crippen LogP contribution in [-0.4, -0.2) is 107 Å². The monoisotopic (exact) mass is 719 g/mol. The van der Waals surface area contributed by atoms with E-state index in [0.717, 1.165) is 38.5 Å². The molecule has 8 unspecified atom stereocenters. The third-order valence-corrected chi connectivity index (χ3v) is 8.42. The fraction of sp³-hybridized carbons (Fsp3) is 0.743. The molecule has 0 aromatic heterocycles. The van der Waals surface area contributed by atoms with Crippen molar-refractivity contribution in [2.45, 2.75) is 153 Å².